The highest BCUT2D eigenvalue weighted by atomic mass is 35.5. The smallest absolute Gasteiger partial charge is 0.131 e. The van der Waals surface area contributed by atoms with Gasteiger partial charge in [0.05, 0.1) is 11.9 Å². The Hall–Kier alpha value is -0.960. The van der Waals surface area contributed by atoms with E-state index in [2.05, 4.69) is 4.98 Å². The first kappa shape index (κ1) is 11.0. The molecule has 68 valence electrons. The van der Waals surface area contributed by atoms with Crippen molar-refractivity contribution >= 4 is 23.9 Å². The molecule has 2 N–H and O–H groups in total. The third-order valence-electron chi connectivity index (χ3n) is 1.50. The van der Waals surface area contributed by atoms with Crippen LogP contribution in [-0.2, 0) is 0 Å². The average Bonchev–Trinajstić information content (AvgIpc) is 1.85. The maximum atomic E-state index is 5.55. The molecule has 0 atom stereocenters. The Kier molecular flexibility index (Phi) is 3.83. The Labute approximate surface area is 79.0 Å². The molecule has 0 aliphatic heterocycles. The SMILES string of the molecule is Cc1cc(N)cnc1N(C)C.Cl. The van der Waals surface area contributed by atoms with Crippen LogP contribution in [0.15, 0.2) is 12.3 Å². The molecular weight excluding hydrogens is 174 g/mol. The van der Waals surface area contributed by atoms with Gasteiger partial charge in [0.2, 0.25) is 0 Å². The Morgan fingerprint density at radius 1 is 1.42 bits per heavy atom. The molecule has 4 heteroatoms. The van der Waals surface area contributed by atoms with Gasteiger partial charge in [-0.3, -0.25) is 0 Å². The quantitative estimate of drug-likeness (QED) is 0.724. The number of pyridine rings is 1. The number of hydrogen-bond donors (Lipinski definition) is 1. The molecule has 0 aliphatic rings. The van der Waals surface area contributed by atoms with Crippen molar-refractivity contribution in [2.45, 2.75) is 6.92 Å². The van der Waals surface area contributed by atoms with E-state index in [0.717, 1.165) is 11.4 Å². The van der Waals surface area contributed by atoms with E-state index in [1.807, 2.05) is 32.0 Å². The lowest BCUT2D eigenvalue weighted by Gasteiger charge is -2.13. The van der Waals surface area contributed by atoms with E-state index in [1.54, 1.807) is 6.20 Å². The predicted molar refractivity (Wildman–Crippen MR) is 55.0 cm³/mol. The molecular formula is C8H14ClN3. The van der Waals surface area contributed by atoms with Crippen molar-refractivity contribution < 1.29 is 0 Å². The lowest BCUT2D eigenvalue weighted by Crippen LogP contribution is -2.12. The van der Waals surface area contributed by atoms with Crippen LogP contribution in [0.3, 0.4) is 0 Å². The second-order valence-electron chi connectivity index (χ2n) is 2.80. The van der Waals surface area contributed by atoms with Gasteiger partial charge in [0.1, 0.15) is 5.82 Å². The summed E-state index contributed by atoms with van der Waals surface area (Å²) >= 11 is 0. The van der Waals surface area contributed by atoms with E-state index in [4.69, 9.17) is 5.73 Å². The highest BCUT2D eigenvalue weighted by Gasteiger charge is 2.00. The number of nitrogen functional groups attached to an aromatic ring is 1. The first-order chi connectivity index (χ1) is 5.11. The largest absolute Gasteiger partial charge is 0.397 e. The second-order valence-corrected chi connectivity index (χ2v) is 2.80. The molecule has 0 radical (unpaired) electrons. The van der Waals surface area contributed by atoms with Crippen LogP contribution < -0.4 is 10.6 Å². The van der Waals surface area contributed by atoms with Gasteiger partial charge in [0, 0.05) is 14.1 Å². The Morgan fingerprint density at radius 2 is 2.00 bits per heavy atom. The summed E-state index contributed by atoms with van der Waals surface area (Å²) in [5.74, 6) is 0.971. The van der Waals surface area contributed by atoms with Gasteiger partial charge in [-0.1, -0.05) is 0 Å². The number of hydrogen-bond acceptors (Lipinski definition) is 3. The summed E-state index contributed by atoms with van der Waals surface area (Å²) in [7, 11) is 3.93. The van der Waals surface area contributed by atoms with Gasteiger partial charge in [-0.25, -0.2) is 4.98 Å². The minimum absolute atomic E-state index is 0. The molecule has 0 spiro atoms. The van der Waals surface area contributed by atoms with Crippen LogP contribution in [0.4, 0.5) is 11.5 Å². The summed E-state index contributed by atoms with van der Waals surface area (Å²) in [6.07, 6.45) is 1.67. The summed E-state index contributed by atoms with van der Waals surface area (Å²) in [6, 6.07) is 1.92. The molecule has 1 aromatic rings. The highest BCUT2D eigenvalue weighted by molar-refractivity contribution is 5.85. The fourth-order valence-electron chi connectivity index (χ4n) is 1.06. The van der Waals surface area contributed by atoms with Crippen LogP contribution in [0.1, 0.15) is 5.56 Å². The monoisotopic (exact) mass is 187 g/mol. The van der Waals surface area contributed by atoms with Gasteiger partial charge < -0.3 is 10.6 Å². The van der Waals surface area contributed by atoms with Crippen molar-refractivity contribution in [3.63, 3.8) is 0 Å². The third-order valence-corrected chi connectivity index (χ3v) is 1.50. The van der Waals surface area contributed by atoms with E-state index in [0.29, 0.717) is 5.69 Å². The Bertz CT molecular complexity index is 260. The van der Waals surface area contributed by atoms with Gasteiger partial charge in [-0.05, 0) is 18.6 Å². The molecule has 3 nitrogen and oxygen atoms in total. The van der Waals surface area contributed by atoms with Crippen LogP contribution in [0, 0.1) is 6.92 Å². The molecule has 0 unspecified atom stereocenters. The minimum Gasteiger partial charge on any atom is -0.397 e. The standard InChI is InChI=1S/C8H13N3.ClH/c1-6-4-7(9)5-10-8(6)11(2)3;/h4-5H,9H2,1-3H3;1H. The molecule has 0 amide bonds. The molecule has 0 fully saturated rings. The first-order valence-corrected chi connectivity index (χ1v) is 3.50. The van der Waals surface area contributed by atoms with Crippen molar-refractivity contribution in [3.05, 3.63) is 17.8 Å². The van der Waals surface area contributed by atoms with Crippen molar-refractivity contribution in [3.8, 4) is 0 Å². The van der Waals surface area contributed by atoms with E-state index in [1.165, 1.54) is 0 Å². The number of aryl methyl sites for hydroxylation is 1. The normalized spacial score (nSPS) is 8.92. The van der Waals surface area contributed by atoms with Crippen molar-refractivity contribution in [2.24, 2.45) is 0 Å². The average molecular weight is 188 g/mol. The number of halogens is 1. The van der Waals surface area contributed by atoms with E-state index in [9.17, 15) is 0 Å². The van der Waals surface area contributed by atoms with Crippen molar-refractivity contribution in [1.29, 1.82) is 0 Å². The van der Waals surface area contributed by atoms with Crippen LogP contribution in [0.5, 0.6) is 0 Å². The molecule has 1 heterocycles. The summed E-state index contributed by atoms with van der Waals surface area (Å²) in [5, 5.41) is 0. The maximum absolute atomic E-state index is 5.55. The fraction of sp³-hybridized carbons (Fsp3) is 0.375. The third kappa shape index (κ3) is 2.27. The minimum atomic E-state index is 0. The molecule has 1 aromatic heterocycles. The van der Waals surface area contributed by atoms with E-state index < -0.39 is 0 Å². The van der Waals surface area contributed by atoms with Gasteiger partial charge >= 0.3 is 0 Å². The maximum Gasteiger partial charge on any atom is 0.131 e. The van der Waals surface area contributed by atoms with Crippen molar-refractivity contribution in [1.82, 2.24) is 4.98 Å². The zero-order valence-electron chi connectivity index (χ0n) is 7.53. The van der Waals surface area contributed by atoms with Crippen LogP contribution in [0.25, 0.3) is 0 Å². The molecule has 0 saturated carbocycles. The lowest BCUT2D eigenvalue weighted by atomic mass is 10.2. The number of aromatic nitrogens is 1. The highest BCUT2D eigenvalue weighted by Crippen LogP contribution is 2.15. The number of nitrogens with two attached hydrogens (primary N) is 1. The molecule has 12 heavy (non-hydrogen) atoms. The van der Waals surface area contributed by atoms with Crippen molar-refractivity contribution in [2.75, 3.05) is 24.7 Å². The summed E-state index contributed by atoms with van der Waals surface area (Å²) < 4.78 is 0. The molecule has 1 rings (SSSR count). The first-order valence-electron chi connectivity index (χ1n) is 3.50. The number of nitrogens with zero attached hydrogens (tertiary/aromatic N) is 2. The van der Waals surface area contributed by atoms with E-state index >= 15 is 0 Å². The number of anilines is 2. The summed E-state index contributed by atoms with van der Waals surface area (Å²) in [5.41, 5.74) is 7.37. The van der Waals surface area contributed by atoms with Gasteiger partial charge in [-0.15, -0.1) is 12.4 Å². The number of rotatable bonds is 1. The summed E-state index contributed by atoms with van der Waals surface area (Å²) in [6.45, 7) is 2.00. The van der Waals surface area contributed by atoms with Gasteiger partial charge in [0.25, 0.3) is 0 Å². The molecule has 0 bridgehead atoms. The Balaban J connectivity index is 0.00000121. The van der Waals surface area contributed by atoms with Crippen LogP contribution in [-0.4, -0.2) is 19.1 Å². The zero-order chi connectivity index (χ0) is 8.43. The molecule has 0 saturated heterocycles. The topological polar surface area (TPSA) is 42.1 Å². The predicted octanol–water partition coefficient (Wildman–Crippen LogP) is 1.46. The molecule has 0 aliphatic carbocycles. The lowest BCUT2D eigenvalue weighted by molar-refractivity contribution is 1.05. The van der Waals surface area contributed by atoms with E-state index in [-0.39, 0.29) is 12.4 Å². The zero-order valence-corrected chi connectivity index (χ0v) is 8.35. The van der Waals surface area contributed by atoms with Gasteiger partial charge in [-0.2, -0.15) is 0 Å². The fourth-order valence-corrected chi connectivity index (χ4v) is 1.06. The summed E-state index contributed by atoms with van der Waals surface area (Å²) in [4.78, 5) is 6.15. The Morgan fingerprint density at radius 3 is 2.42 bits per heavy atom. The molecule has 0 aromatic carbocycles. The van der Waals surface area contributed by atoms with Crippen LogP contribution >= 0.6 is 12.4 Å². The van der Waals surface area contributed by atoms with Crippen LogP contribution in [0.2, 0.25) is 0 Å². The van der Waals surface area contributed by atoms with Gasteiger partial charge in [0.15, 0.2) is 0 Å². The second kappa shape index (κ2) is 4.16.